The molecule has 7 heteroatoms. The van der Waals surface area contributed by atoms with Crippen LogP contribution in [0.25, 0.3) is 0 Å². The molecule has 0 amide bonds. The Morgan fingerprint density at radius 1 is 1.09 bits per heavy atom. The topological polar surface area (TPSA) is 58.3 Å². The highest BCUT2D eigenvalue weighted by atomic mass is 79.9. The normalized spacial score (nSPS) is 16.0. The van der Waals surface area contributed by atoms with Crippen molar-refractivity contribution in [2.75, 3.05) is 36.8 Å². The van der Waals surface area contributed by atoms with Gasteiger partial charge < -0.3 is 10.6 Å². The van der Waals surface area contributed by atoms with Crippen LogP contribution in [0, 0.1) is 0 Å². The number of nitrogens with zero attached hydrogens (tertiary/aromatic N) is 4. The molecule has 0 saturated carbocycles. The van der Waals surface area contributed by atoms with Crippen molar-refractivity contribution >= 4 is 39.3 Å². The van der Waals surface area contributed by atoms with Crippen LogP contribution in [0.15, 0.2) is 34.8 Å². The first kappa shape index (κ1) is 15.5. The molecular formula is C15H17BrClN5. The SMILES string of the molecule is Nc1nc(Cl)cc(N2CCN(Cc3ccc(Br)cc3)CC2)n1. The molecule has 0 aliphatic carbocycles. The summed E-state index contributed by atoms with van der Waals surface area (Å²) in [6.07, 6.45) is 0. The van der Waals surface area contributed by atoms with Crippen LogP contribution in [0.2, 0.25) is 5.15 Å². The van der Waals surface area contributed by atoms with E-state index in [4.69, 9.17) is 17.3 Å². The number of piperazine rings is 1. The van der Waals surface area contributed by atoms with E-state index in [2.05, 4.69) is 60.0 Å². The van der Waals surface area contributed by atoms with Crippen LogP contribution in [0.3, 0.4) is 0 Å². The fraction of sp³-hybridized carbons (Fsp3) is 0.333. The zero-order valence-electron chi connectivity index (χ0n) is 12.0. The number of rotatable bonds is 3. The maximum absolute atomic E-state index is 5.95. The quantitative estimate of drug-likeness (QED) is 0.827. The Hall–Kier alpha value is -1.37. The lowest BCUT2D eigenvalue weighted by atomic mass is 10.2. The van der Waals surface area contributed by atoms with Crippen LogP contribution in [-0.2, 0) is 6.54 Å². The lowest BCUT2D eigenvalue weighted by molar-refractivity contribution is 0.249. The summed E-state index contributed by atoms with van der Waals surface area (Å²) >= 11 is 9.41. The first-order valence-electron chi connectivity index (χ1n) is 7.12. The van der Waals surface area contributed by atoms with Gasteiger partial charge in [-0.25, -0.2) is 4.98 Å². The molecule has 0 atom stereocenters. The largest absolute Gasteiger partial charge is 0.368 e. The number of anilines is 2. The molecule has 3 rings (SSSR count). The zero-order valence-corrected chi connectivity index (χ0v) is 14.4. The summed E-state index contributed by atoms with van der Waals surface area (Å²) in [5.74, 6) is 1.03. The van der Waals surface area contributed by atoms with Gasteiger partial charge in [0.25, 0.3) is 0 Å². The minimum atomic E-state index is 0.222. The smallest absolute Gasteiger partial charge is 0.223 e. The number of nitrogen functional groups attached to an aromatic ring is 1. The van der Waals surface area contributed by atoms with E-state index in [9.17, 15) is 0 Å². The van der Waals surface area contributed by atoms with Gasteiger partial charge in [-0.05, 0) is 17.7 Å². The molecule has 22 heavy (non-hydrogen) atoms. The Morgan fingerprint density at radius 3 is 2.41 bits per heavy atom. The van der Waals surface area contributed by atoms with Gasteiger partial charge in [0.2, 0.25) is 5.95 Å². The molecule has 2 aromatic rings. The van der Waals surface area contributed by atoms with E-state index < -0.39 is 0 Å². The molecule has 1 aliphatic heterocycles. The molecule has 0 radical (unpaired) electrons. The molecule has 2 heterocycles. The number of halogens is 2. The van der Waals surface area contributed by atoms with E-state index in [0.29, 0.717) is 5.15 Å². The lowest BCUT2D eigenvalue weighted by Gasteiger charge is -2.35. The van der Waals surface area contributed by atoms with Gasteiger partial charge in [0.05, 0.1) is 0 Å². The van der Waals surface area contributed by atoms with Crippen LogP contribution in [0.1, 0.15) is 5.56 Å². The minimum Gasteiger partial charge on any atom is -0.368 e. The second-order valence-electron chi connectivity index (χ2n) is 5.30. The van der Waals surface area contributed by atoms with Gasteiger partial charge in [-0.3, -0.25) is 4.90 Å². The van der Waals surface area contributed by atoms with Crippen LogP contribution in [0.4, 0.5) is 11.8 Å². The van der Waals surface area contributed by atoms with Gasteiger partial charge >= 0.3 is 0 Å². The van der Waals surface area contributed by atoms with Crippen LogP contribution >= 0.6 is 27.5 Å². The number of nitrogens with two attached hydrogens (primary N) is 1. The summed E-state index contributed by atoms with van der Waals surface area (Å²) < 4.78 is 1.11. The summed E-state index contributed by atoms with van der Waals surface area (Å²) in [6.45, 7) is 4.75. The summed E-state index contributed by atoms with van der Waals surface area (Å²) in [4.78, 5) is 12.8. The second-order valence-corrected chi connectivity index (χ2v) is 6.60. The summed E-state index contributed by atoms with van der Waals surface area (Å²) in [5, 5.41) is 0.389. The van der Waals surface area contributed by atoms with Crippen molar-refractivity contribution < 1.29 is 0 Å². The zero-order chi connectivity index (χ0) is 15.5. The molecule has 0 unspecified atom stereocenters. The monoisotopic (exact) mass is 381 g/mol. The van der Waals surface area contributed by atoms with Crippen molar-refractivity contribution in [3.63, 3.8) is 0 Å². The third kappa shape index (κ3) is 3.88. The molecule has 0 bridgehead atoms. The Morgan fingerprint density at radius 2 is 1.77 bits per heavy atom. The summed E-state index contributed by atoms with van der Waals surface area (Å²) in [5.41, 5.74) is 6.99. The molecule has 1 aromatic heterocycles. The van der Waals surface area contributed by atoms with Crippen LogP contribution in [-0.4, -0.2) is 41.0 Å². The van der Waals surface area contributed by atoms with Crippen molar-refractivity contribution in [3.8, 4) is 0 Å². The van der Waals surface area contributed by atoms with Crippen molar-refractivity contribution in [1.82, 2.24) is 14.9 Å². The predicted octanol–water partition coefficient (Wildman–Crippen LogP) is 2.80. The first-order chi connectivity index (χ1) is 10.6. The highest BCUT2D eigenvalue weighted by Gasteiger charge is 2.19. The third-order valence-corrected chi connectivity index (χ3v) is 4.44. The minimum absolute atomic E-state index is 0.222. The number of hydrogen-bond donors (Lipinski definition) is 1. The molecule has 0 spiro atoms. The molecule has 1 saturated heterocycles. The Balaban J connectivity index is 1.59. The second kappa shape index (κ2) is 6.81. The van der Waals surface area contributed by atoms with Crippen molar-refractivity contribution in [3.05, 3.63) is 45.5 Å². The molecule has 1 aliphatic rings. The van der Waals surface area contributed by atoms with E-state index in [0.717, 1.165) is 43.0 Å². The van der Waals surface area contributed by atoms with Crippen molar-refractivity contribution in [2.45, 2.75) is 6.54 Å². The van der Waals surface area contributed by atoms with E-state index in [-0.39, 0.29) is 5.95 Å². The maximum Gasteiger partial charge on any atom is 0.223 e. The number of hydrogen-bond acceptors (Lipinski definition) is 5. The predicted molar refractivity (Wildman–Crippen MR) is 93.1 cm³/mol. The highest BCUT2D eigenvalue weighted by molar-refractivity contribution is 9.10. The van der Waals surface area contributed by atoms with E-state index in [1.165, 1.54) is 5.56 Å². The average Bonchev–Trinajstić information content (AvgIpc) is 2.49. The molecule has 1 fully saturated rings. The van der Waals surface area contributed by atoms with Gasteiger partial charge in [-0.2, -0.15) is 4.98 Å². The Bertz CT molecular complexity index is 621. The van der Waals surface area contributed by atoms with Gasteiger partial charge in [0, 0.05) is 43.3 Å². The first-order valence-corrected chi connectivity index (χ1v) is 8.29. The van der Waals surface area contributed by atoms with Crippen molar-refractivity contribution in [1.29, 1.82) is 0 Å². The van der Waals surface area contributed by atoms with Crippen molar-refractivity contribution in [2.24, 2.45) is 0 Å². The maximum atomic E-state index is 5.95. The van der Waals surface area contributed by atoms with Gasteiger partial charge in [0.15, 0.2) is 0 Å². The Kier molecular flexibility index (Phi) is 4.81. The molecule has 116 valence electrons. The standard InChI is InChI=1S/C15H17BrClN5/c16-12-3-1-11(2-4-12)10-21-5-7-22(8-6-21)14-9-13(17)19-15(18)20-14/h1-4,9H,5-8,10H2,(H2,18,19,20). The third-order valence-electron chi connectivity index (χ3n) is 3.71. The van der Waals surface area contributed by atoms with Crippen LogP contribution < -0.4 is 10.6 Å². The Labute approximate surface area is 143 Å². The van der Waals surface area contributed by atoms with Gasteiger partial charge in [-0.1, -0.05) is 39.7 Å². The average molecular weight is 383 g/mol. The van der Waals surface area contributed by atoms with Gasteiger partial charge in [0.1, 0.15) is 11.0 Å². The fourth-order valence-corrected chi connectivity index (χ4v) is 3.02. The lowest BCUT2D eigenvalue weighted by Crippen LogP contribution is -2.46. The fourth-order valence-electron chi connectivity index (χ4n) is 2.57. The molecule has 2 N–H and O–H groups in total. The summed E-state index contributed by atoms with van der Waals surface area (Å²) in [7, 11) is 0. The van der Waals surface area contributed by atoms with E-state index >= 15 is 0 Å². The highest BCUT2D eigenvalue weighted by Crippen LogP contribution is 2.19. The van der Waals surface area contributed by atoms with Gasteiger partial charge in [-0.15, -0.1) is 0 Å². The number of benzene rings is 1. The molecule has 5 nitrogen and oxygen atoms in total. The van der Waals surface area contributed by atoms with E-state index in [1.54, 1.807) is 6.07 Å². The van der Waals surface area contributed by atoms with E-state index in [1.807, 2.05) is 0 Å². The number of aromatic nitrogens is 2. The molecule has 1 aromatic carbocycles. The van der Waals surface area contributed by atoms with Crippen LogP contribution in [0.5, 0.6) is 0 Å². The molecular weight excluding hydrogens is 366 g/mol. The summed E-state index contributed by atoms with van der Waals surface area (Å²) in [6, 6.07) is 10.2.